The average molecular weight is 153 g/mol. The topological polar surface area (TPSA) is 20.2 Å². The van der Waals surface area contributed by atoms with Gasteiger partial charge in [-0.25, -0.2) is 4.39 Å². The van der Waals surface area contributed by atoms with Gasteiger partial charge >= 0.3 is 0 Å². The normalized spacial score (nSPS) is 10.0. The van der Waals surface area contributed by atoms with E-state index >= 15 is 0 Å². The quantitative estimate of drug-likeness (QED) is 0.691. The third-order valence-corrected chi connectivity index (χ3v) is 1.48. The van der Waals surface area contributed by atoms with Crippen molar-refractivity contribution in [1.82, 2.24) is 0 Å². The maximum atomic E-state index is 12.8. The van der Waals surface area contributed by atoms with Gasteiger partial charge in [0.05, 0.1) is 0 Å². The molecular weight excluding hydrogens is 143 g/mol. The number of hydrogen-bond acceptors (Lipinski definition) is 1. The van der Waals surface area contributed by atoms with Crippen molar-refractivity contribution in [2.24, 2.45) is 0 Å². The highest BCUT2D eigenvalue weighted by atomic mass is 19.1. The molecule has 0 aliphatic rings. The van der Waals surface area contributed by atoms with Gasteiger partial charge in [-0.15, -0.1) is 0 Å². The van der Waals surface area contributed by atoms with Gasteiger partial charge in [0.25, 0.3) is 0 Å². The van der Waals surface area contributed by atoms with Crippen LogP contribution in [0.5, 0.6) is 5.75 Å². The van der Waals surface area contributed by atoms with E-state index in [0.29, 0.717) is 18.4 Å². The minimum absolute atomic E-state index is 0.106. The van der Waals surface area contributed by atoms with E-state index in [1.807, 2.05) is 0 Å². The number of hydrogen-bond donors (Lipinski definition) is 1. The maximum absolute atomic E-state index is 12.8. The van der Waals surface area contributed by atoms with Gasteiger partial charge in [-0.3, -0.25) is 0 Å². The van der Waals surface area contributed by atoms with Crippen molar-refractivity contribution in [2.45, 2.75) is 12.8 Å². The first-order chi connectivity index (χ1) is 5.24. The third kappa shape index (κ3) is 1.93. The van der Waals surface area contributed by atoms with Crippen LogP contribution in [0.25, 0.3) is 0 Å². The highest BCUT2D eigenvalue weighted by molar-refractivity contribution is 5.28. The van der Waals surface area contributed by atoms with E-state index in [4.69, 9.17) is 5.11 Å². The molecule has 0 aliphatic heterocycles. The van der Waals surface area contributed by atoms with Crippen molar-refractivity contribution in [3.63, 3.8) is 0 Å². The van der Waals surface area contributed by atoms with Gasteiger partial charge in [-0.05, 0) is 36.6 Å². The first-order valence-corrected chi connectivity index (χ1v) is 3.50. The van der Waals surface area contributed by atoms with E-state index in [2.05, 4.69) is 6.92 Å². The van der Waals surface area contributed by atoms with Crippen molar-refractivity contribution < 1.29 is 9.50 Å². The molecule has 1 aromatic carbocycles. The van der Waals surface area contributed by atoms with Crippen molar-refractivity contribution >= 4 is 0 Å². The fourth-order valence-electron chi connectivity index (χ4n) is 0.943. The summed E-state index contributed by atoms with van der Waals surface area (Å²) in [5, 5.41) is 8.98. The molecule has 0 spiro atoms. The lowest BCUT2D eigenvalue weighted by atomic mass is 10.1. The Bertz CT molecular complexity index is 245. The van der Waals surface area contributed by atoms with Gasteiger partial charge in [0.15, 0.2) is 0 Å². The van der Waals surface area contributed by atoms with E-state index in [-0.39, 0.29) is 11.6 Å². The van der Waals surface area contributed by atoms with Crippen LogP contribution < -0.4 is 0 Å². The number of aryl methyl sites for hydroxylation is 1. The summed E-state index contributed by atoms with van der Waals surface area (Å²) >= 11 is 0. The second-order valence-corrected chi connectivity index (χ2v) is 2.38. The van der Waals surface area contributed by atoms with Crippen LogP contribution in [0.3, 0.4) is 0 Å². The molecule has 0 aromatic heterocycles. The van der Waals surface area contributed by atoms with Crippen molar-refractivity contribution in [3.05, 3.63) is 36.5 Å². The van der Waals surface area contributed by atoms with Gasteiger partial charge in [-0.2, -0.15) is 0 Å². The van der Waals surface area contributed by atoms with Crippen molar-refractivity contribution in [1.29, 1.82) is 0 Å². The molecule has 1 rings (SSSR count). The summed E-state index contributed by atoms with van der Waals surface area (Å²) in [4.78, 5) is 0. The number of halogens is 1. The Kier molecular flexibility index (Phi) is 2.47. The molecule has 0 bridgehead atoms. The summed E-state index contributed by atoms with van der Waals surface area (Å²) < 4.78 is 12.8. The smallest absolute Gasteiger partial charge is 0.126 e. The number of aromatic hydroxyl groups is 1. The van der Waals surface area contributed by atoms with E-state index < -0.39 is 0 Å². The number of phenolic OH excluding ortho intramolecular Hbond substituents is 1. The summed E-state index contributed by atoms with van der Waals surface area (Å²) in [5.74, 6) is -0.165. The van der Waals surface area contributed by atoms with Crippen LogP contribution in [0.15, 0.2) is 18.2 Å². The Morgan fingerprint density at radius 1 is 1.45 bits per heavy atom. The lowest BCUT2D eigenvalue weighted by Gasteiger charge is -2.00. The molecule has 59 valence electrons. The molecule has 0 unspecified atom stereocenters. The summed E-state index contributed by atoms with van der Waals surface area (Å²) in [6.07, 6.45) is 1.21. The van der Waals surface area contributed by atoms with Gasteiger partial charge < -0.3 is 5.11 Å². The molecule has 1 radical (unpaired) electrons. The van der Waals surface area contributed by atoms with Gasteiger partial charge in [0.2, 0.25) is 0 Å². The van der Waals surface area contributed by atoms with Gasteiger partial charge in [0, 0.05) is 0 Å². The highest BCUT2D eigenvalue weighted by Crippen LogP contribution is 2.16. The predicted octanol–water partition coefficient (Wildman–Crippen LogP) is 2.30. The van der Waals surface area contributed by atoms with E-state index in [9.17, 15) is 4.39 Å². The Balaban J connectivity index is 2.93. The third-order valence-electron chi connectivity index (χ3n) is 1.48. The van der Waals surface area contributed by atoms with Crippen LogP contribution in [0.1, 0.15) is 12.0 Å². The molecule has 0 heterocycles. The van der Waals surface area contributed by atoms with E-state index in [1.165, 1.54) is 18.2 Å². The Morgan fingerprint density at radius 3 is 2.82 bits per heavy atom. The largest absolute Gasteiger partial charge is 0.508 e. The number of rotatable bonds is 2. The first-order valence-electron chi connectivity index (χ1n) is 3.50. The molecule has 1 aromatic rings. The second kappa shape index (κ2) is 3.37. The summed E-state index contributed by atoms with van der Waals surface area (Å²) in [6, 6.07) is 4.03. The summed E-state index contributed by atoms with van der Waals surface area (Å²) in [7, 11) is 0. The number of benzene rings is 1. The molecule has 1 nitrogen and oxygen atoms in total. The van der Waals surface area contributed by atoms with Gasteiger partial charge in [-0.1, -0.05) is 6.92 Å². The molecule has 1 N–H and O–H groups in total. The first kappa shape index (κ1) is 8.05. The van der Waals surface area contributed by atoms with Crippen LogP contribution in [0.2, 0.25) is 0 Å². The van der Waals surface area contributed by atoms with Crippen molar-refractivity contribution in [3.8, 4) is 5.75 Å². The molecule has 2 heteroatoms. The Hall–Kier alpha value is -1.05. The number of phenols is 1. The molecule has 0 saturated carbocycles. The van der Waals surface area contributed by atoms with E-state index in [0.717, 1.165) is 0 Å². The fourth-order valence-corrected chi connectivity index (χ4v) is 0.943. The molecular formula is C9H10FO. The van der Waals surface area contributed by atoms with Crippen molar-refractivity contribution in [2.75, 3.05) is 0 Å². The van der Waals surface area contributed by atoms with Crippen LogP contribution in [-0.4, -0.2) is 5.11 Å². The molecule has 0 saturated heterocycles. The summed E-state index contributed by atoms with van der Waals surface area (Å²) in [6.45, 7) is 3.60. The SMILES string of the molecule is [CH2]CCc1cc(O)ccc1F. The zero-order chi connectivity index (χ0) is 8.27. The minimum atomic E-state index is -0.272. The summed E-state index contributed by atoms with van der Waals surface area (Å²) in [5.41, 5.74) is 0.528. The molecule has 0 atom stereocenters. The maximum Gasteiger partial charge on any atom is 0.126 e. The highest BCUT2D eigenvalue weighted by Gasteiger charge is 2.00. The predicted molar refractivity (Wildman–Crippen MR) is 41.7 cm³/mol. The van der Waals surface area contributed by atoms with Crippen LogP contribution in [-0.2, 0) is 6.42 Å². The zero-order valence-electron chi connectivity index (χ0n) is 6.18. The monoisotopic (exact) mass is 153 g/mol. The molecule has 0 fully saturated rings. The Morgan fingerprint density at radius 2 is 2.18 bits per heavy atom. The lowest BCUT2D eigenvalue weighted by Crippen LogP contribution is -1.88. The lowest BCUT2D eigenvalue weighted by molar-refractivity contribution is 0.471. The standard InChI is InChI=1S/C9H10FO/c1-2-3-7-6-8(11)4-5-9(7)10/h4-6,11H,1-3H2. The second-order valence-electron chi connectivity index (χ2n) is 2.38. The van der Waals surface area contributed by atoms with Gasteiger partial charge in [0.1, 0.15) is 11.6 Å². The zero-order valence-corrected chi connectivity index (χ0v) is 6.18. The molecule has 0 aliphatic carbocycles. The Labute approximate surface area is 65.5 Å². The fraction of sp³-hybridized carbons (Fsp3) is 0.222. The molecule has 0 amide bonds. The van der Waals surface area contributed by atoms with Crippen LogP contribution in [0.4, 0.5) is 4.39 Å². The molecule has 11 heavy (non-hydrogen) atoms. The van der Waals surface area contributed by atoms with Crippen LogP contribution in [0, 0.1) is 12.7 Å². The van der Waals surface area contributed by atoms with Crippen LogP contribution >= 0.6 is 0 Å². The minimum Gasteiger partial charge on any atom is -0.508 e. The average Bonchev–Trinajstić information content (AvgIpc) is 1.98. The van der Waals surface area contributed by atoms with E-state index in [1.54, 1.807) is 0 Å².